The van der Waals surface area contributed by atoms with E-state index >= 15 is 0 Å². The third-order valence-corrected chi connectivity index (χ3v) is 3.83. The molecule has 2 rings (SSSR count). The highest BCUT2D eigenvalue weighted by molar-refractivity contribution is 7.10. The first kappa shape index (κ1) is 12.7. The zero-order valence-corrected chi connectivity index (χ0v) is 11.2. The molecule has 0 amide bonds. The molecule has 0 bridgehead atoms. The Bertz CT molecular complexity index is 526. The van der Waals surface area contributed by atoms with Crippen LogP contribution in [0.3, 0.4) is 0 Å². The lowest BCUT2D eigenvalue weighted by atomic mass is 10.1. The van der Waals surface area contributed by atoms with E-state index < -0.39 is 0 Å². The van der Waals surface area contributed by atoms with Crippen LogP contribution in [0.1, 0.15) is 36.2 Å². The van der Waals surface area contributed by atoms with Gasteiger partial charge in [-0.1, -0.05) is 31.5 Å². The lowest BCUT2D eigenvalue weighted by Crippen LogP contribution is -2.10. The smallest absolute Gasteiger partial charge is 0.101 e. The summed E-state index contributed by atoms with van der Waals surface area (Å²) < 4.78 is 0. The SMILES string of the molecule is CCCC(Nc1ccccc1C#N)c1cccs1. The van der Waals surface area contributed by atoms with Gasteiger partial charge in [0.2, 0.25) is 0 Å². The van der Waals surface area contributed by atoms with Gasteiger partial charge >= 0.3 is 0 Å². The summed E-state index contributed by atoms with van der Waals surface area (Å²) in [4.78, 5) is 1.32. The van der Waals surface area contributed by atoms with Crippen molar-refractivity contribution < 1.29 is 0 Å². The van der Waals surface area contributed by atoms with Crippen LogP contribution in [0.15, 0.2) is 41.8 Å². The van der Waals surface area contributed by atoms with Gasteiger partial charge in [-0.2, -0.15) is 5.26 Å². The molecule has 92 valence electrons. The highest BCUT2D eigenvalue weighted by Gasteiger charge is 2.12. The Labute approximate surface area is 112 Å². The second kappa shape index (κ2) is 6.23. The molecule has 0 aliphatic carbocycles. The third-order valence-electron chi connectivity index (χ3n) is 2.84. The number of nitrogens with one attached hydrogen (secondary N) is 1. The second-order valence-corrected chi connectivity index (χ2v) is 5.14. The van der Waals surface area contributed by atoms with Crippen molar-refractivity contribution in [3.05, 3.63) is 52.2 Å². The molecule has 0 aliphatic rings. The van der Waals surface area contributed by atoms with E-state index in [0.717, 1.165) is 18.5 Å². The second-order valence-electron chi connectivity index (χ2n) is 4.16. The molecule has 3 heteroatoms. The number of hydrogen-bond donors (Lipinski definition) is 1. The molecule has 2 nitrogen and oxygen atoms in total. The summed E-state index contributed by atoms with van der Waals surface area (Å²) in [5.74, 6) is 0. The molecular weight excluding hydrogens is 240 g/mol. The summed E-state index contributed by atoms with van der Waals surface area (Å²) in [5, 5.41) is 14.7. The molecule has 0 saturated heterocycles. The lowest BCUT2D eigenvalue weighted by Gasteiger charge is -2.18. The number of thiophene rings is 1. The maximum atomic E-state index is 9.10. The molecule has 1 N–H and O–H groups in total. The topological polar surface area (TPSA) is 35.8 Å². The summed E-state index contributed by atoms with van der Waals surface area (Å²) in [7, 11) is 0. The molecule has 1 aromatic carbocycles. The van der Waals surface area contributed by atoms with Crippen molar-refractivity contribution in [3.63, 3.8) is 0 Å². The van der Waals surface area contributed by atoms with Crippen molar-refractivity contribution in [1.82, 2.24) is 0 Å². The van der Waals surface area contributed by atoms with Crippen LogP contribution in [0.4, 0.5) is 5.69 Å². The van der Waals surface area contributed by atoms with Gasteiger partial charge in [-0.05, 0) is 30.0 Å². The molecule has 18 heavy (non-hydrogen) atoms. The molecule has 0 saturated carbocycles. The molecular formula is C15H16N2S. The largest absolute Gasteiger partial charge is 0.376 e. The zero-order chi connectivity index (χ0) is 12.8. The first-order valence-corrected chi connectivity index (χ1v) is 7.02. The molecule has 0 fully saturated rings. The maximum absolute atomic E-state index is 9.10. The number of rotatable bonds is 5. The van der Waals surface area contributed by atoms with Gasteiger partial charge in [0.15, 0.2) is 0 Å². The van der Waals surface area contributed by atoms with E-state index in [9.17, 15) is 0 Å². The minimum absolute atomic E-state index is 0.296. The molecule has 2 aromatic rings. The van der Waals surface area contributed by atoms with Gasteiger partial charge in [-0.15, -0.1) is 11.3 Å². The first-order chi connectivity index (χ1) is 8.85. The van der Waals surface area contributed by atoms with Crippen LogP contribution < -0.4 is 5.32 Å². The van der Waals surface area contributed by atoms with E-state index in [2.05, 4.69) is 35.8 Å². The molecule has 1 heterocycles. The Balaban J connectivity index is 2.22. The maximum Gasteiger partial charge on any atom is 0.101 e. The van der Waals surface area contributed by atoms with Gasteiger partial charge in [-0.3, -0.25) is 0 Å². The Morgan fingerprint density at radius 1 is 1.28 bits per heavy atom. The Hall–Kier alpha value is -1.79. The summed E-state index contributed by atoms with van der Waals surface area (Å²) >= 11 is 1.76. The Morgan fingerprint density at radius 3 is 2.78 bits per heavy atom. The predicted octanol–water partition coefficient (Wildman–Crippen LogP) is 4.57. The van der Waals surface area contributed by atoms with Gasteiger partial charge < -0.3 is 5.32 Å². The van der Waals surface area contributed by atoms with Crippen molar-refractivity contribution in [2.24, 2.45) is 0 Å². The van der Waals surface area contributed by atoms with Gasteiger partial charge in [-0.25, -0.2) is 0 Å². The van der Waals surface area contributed by atoms with Crippen molar-refractivity contribution in [2.75, 3.05) is 5.32 Å². The van der Waals surface area contributed by atoms with Gasteiger partial charge in [0.1, 0.15) is 6.07 Å². The number of nitrogens with zero attached hydrogens (tertiary/aromatic N) is 1. The van der Waals surface area contributed by atoms with Crippen LogP contribution in [-0.2, 0) is 0 Å². The van der Waals surface area contributed by atoms with E-state index in [1.807, 2.05) is 24.3 Å². The zero-order valence-electron chi connectivity index (χ0n) is 10.4. The number of nitriles is 1. The van der Waals surface area contributed by atoms with E-state index in [0.29, 0.717) is 11.6 Å². The van der Waals surface area contributed by atoms with Crippen molar-refractivity contribution >= 4 is 17.0 Å². The molecule has 1 atom stereocenters. The molecule has 0 spiro atoms. The van der Waals surface area contributed by atoms with Crippen LogP contribution in [0.2, 0.25) is 0 Å². The number of anilines is 1. The summed E-state index contributed by atoms with van der Waals surface area (Å²) in [6, 6.07) is 14.4. The fourth-order valence-corrected chi connectivity index (χ4v) is 2.77. The van der Waals surface area contributed by atoms with Crippen molar-refractivity contribution in [2.45, 2.75) is 25.8 Å². The minimum Gasteiger partial charge on any atom is -0.376 e. The summed E-state index contributed by atoms with van der Waals surface area (Å²) in [6.07, 6.45) is 2.19. The van der Waals surface area contributed by atoms with Gasteiger partial charge in [0, 0.05) is 4.88 Å². The molecule has 0 aliphatic heterocycles. The quantitative estimate of drug-likeness (QED) is 0.850. The average molecular weight is 256 g/mol. The van der Waals surface area contributed by atoms with Crippen LogP contribution in [-0.4, -0.2) is 0 Å². The first-order valence-electron chi connectivity index (χ1n) is 6.14. The fourth-order valence-electron chi connectivity index (χ4n) is 1.96. The van der Waals surface area contributed by atoms with Crippen LogP contribution in [0.5, 0.6) is 0 Å². The lowest BCUT2D eigenvalue weighted by molar-refractivity contribution is 0.687. The number of benzene rings is 1. The number of para-hydroxylation sites is 1. The monoisotopic (exact) mass is 256 g/mol. The Kier molecular flexibility index (Phi) is 4.38. The normalized spacial score (nSPS) is 11.8. The summed E-state index contributed by atoms with van der Waals surface area (Å²) in [5.41, 5.74) is 1.63. The molecule has 1 aromatic heterocycles. The fraction of sp³-hybridized carbons (Fsp3) is 0.267. The van der Waals surface area contributed by atoms with Gasteiger partial charge in [0.05, 0.1) is 17.3 Å². The van der Waals surface area contributed by atoms with E-state index in [-0.39, 0.29) is 0 Å². The number of hydrogen-bond acceptors (Lipinski definition) is 3. The van der Waals surface area contributed by atoms with E-state index in [1.54, 1.807) is 11.3 Å². The van der Waals surface area contributed by atoms with Gasteiger partial charge in [0.25, 0.3) is 0 Å². The standard InChI is InChI=1S/C15H16N2S/c1-2-6-14(15-9-5-10-18-15)17-13-8-4-3-7-12(13)11-16/h3-5,7-10,14,17H,2,6H2,1H3. The minimum atomic E-state index is 0.296. The van der Waals surface area contributed by atoms with Crippen molar-refractivity contribution in [3.8, 4) is 6.07 Å². The van der Waals surface area contributed by atoms with Crippen molar-refractivity contribution in [1.29, 1.82) is 5.26 Å². The Morgan fingerprint density at radius 2 is 2.11 bits per heavy atom. The third kappa shape index (κ3) is 2.91. The molecule has 0 radical (unpaired) electrons. The highest BCUT2D eigenvalue weighted by atomic mass is 32.1. The predicted molar refractivity (Wildman–Crippen MR) is 76.7 cm³/mol. The van der Waals surface area contributed by atoms with Crippen LogP contribution in [0.25, 0.3) is 0 Å². The highest BCUT2D eigenvalue weighted by Crippen LogP contribution is 2.28. The van der Waals surface area contributed by atoms with Crippen LogP contribution in [0, 0.1) is 11.3 Å². The van der Waals surface area contributed by atoms with E-state index in [4.69, 9.17) is 5.26 Å². The average Bonchev–Trinajstić information content (AvgIpc) is 2.92. The van der Waals surface area contributed by atoms with Crippen LogP contribution >= 0.6 is 11.3 Å². The van der Waals surface area contributed by atoms with E-state index in [1.165, 1.54) is 4.88 Å². The molecule has 1 unspecified atom stereocenters. The summed E-state index contributed by atoms with van der Waals surface area (Å²) in [6.45, 7) is 2.18.